The van der Waals surface area contributed by atoms with Crippen LogP contribution in [0.25, 0.3) is 0 Å². The Bertz CT molecular complexity index is 369. The van der Waals surface area contributed by atoms with E-state index < -0.39 is 0 Å². The molecular weight excluding hydrogens is 224 g/mol. The Balaban J connectivity index is 1.84. The zero-order chi connectivity index (χ0) is 12.8. The van der Waals surface area contributed by atoms with Crippen molar-refractivity contribution in [1.82, 2.24) is 9.97 Å². The molecule has 0 aliphatic heterocycles. The highest BCUT2D eigenvalue weighted by molar-refractivity contribution is 5.95. The predicted octanol–water partition coefficient (Wildman–Crippen LogP) is 3.66. The molecule has 0 bridgehead atoms. The first-order valence-corrected chi connectivity index (χ1v) is 7.11. The van der Waals surface area contributed by atoms with Gasteiger partial charge in [0.05, 0.1) is 6.20 Å². The van der Waals surface area contributed by atoms with Crippen molar-refractivity contribution in [2.45, 2.75) is 51.9 Å². The van der Waals surface area contributed by atoms with Crippen molar-refractivity contribution in [2.75, 3.05) is 0 Å². The van der Waals surface area contributed by atoms with Crippen LogP contribution < -0.4 is 0 Å². The van der Waals surface area contributed by atoms with Crippen LogP contribution in [0.1, 0.15) is 62.4 Å². The molecule has 3 nitrogen and oxygen atoms in total. The SMILES string of the molecule is CCCCC1CCC(C(=O)c2cnccn2)CC1. The molecule has 1 aliphatic carbocycles. The second-order valence-electron chi connectivity index (χ2n) is 5.31. The first kappa shape index (κ1) is 13.2. The van der Waals surface area contributed by atoms with Gasteiger partial charge in [0.2, 0.25) is 0 Å². The highest BCUT2D eigenvalue weighted by Crippen LogP contribution is 2.33. The molecule has 2 rings (SSSR count). The molecule has 0 aromatic carbocycles. The summed E-state index contributed by atoms with van der Waals surface area (Å²) < 4.78 is 0. The third kappa shape index (κ3) is 3.37. The van der Waals surface area contributed by atoms with E-state index in [4.69, 9.17) is 0 Å². The average Bonchev–Trinajstić information content (AvgIpc) is 2.46. The first-order valence-electron chi connectivity index (χ1n) is 7.11. The summed E-state index contributed by atoms with van der Waals surface area (Å²) in [7, 11) is 0. The molecule has 1 saturated carbocycles. The van der Waals surface area contributed by atoms with Gasteiger partial charge in [0.1, 0.15) is 5.69 Å². The molecule has 0 spiro atoms. The number of hydrogen-bond acceptors (Lipinski definition) is 3. The maximum absolute atomic E-state index is 12.2. The minimum absolute atomic E-state index is 0.180. The summed E-state index contributed by atoms with van der Waals surface area (Å²) >= 11 is 0. The molecule has 1 fully saturated rings. The lowest BCUT2D eigenvalue weighted by Crippen LogP contribution is -2.22. The molecule has 1 aromatic heterocycles. The minimum atomic E-state index is 0.180. The quantitative estimate of drug-likeness (QED) is 0.745. The maximum atomic E-state index is 12.2. The zero-order valence-electron chi connectivity index (χ0n) is 11.1. The summed E-state index contributed by atoms with van der Waals surface area (Å²) in [5, 5.41) is 0. The smallest absolute Gasteiger partial charge is 0.185 e. The van der Waals surface area contributed by atoms with Crippen LogP contribution in [-0.4, -0.2) is 15.8 Å². The van der Waals surface area contributed by atoms with Gasteiger partial charge in [0.25, 0.3) is 0 Å². The maximum Gasteiger partial charge on any atom is 0.185 e. The summed E-state index contributed by atoms with van der Waals surface area (Å²) in [6, 6.07) is 0. The van der Waals surface area contributed by atoms with Crippen LogP contribution in [0, 0.1) is 11.8 Å². The number of aromatic nitrogens is 2. The lowest BCUT2D eigenvalue weighted by Gasteiger charge is -2.27. The Morgan fingerprint density at radius 3 is 2.67 bits per heavy atom. The third-order valence-corrected chi connectivity index (χ3v) is 4.00. The van der Waals surface area contributed by atoms with Crippen molar-refractivity contribution in [2.24, 2.45) is 11.8 Å². The molecule has 0 N–H and O–H groups in total. The summed E-state index contributed by atoms with van der Waals surface area (Å²) in [5.41, 5.74) is 0.537. The van der Waals surface area contributed by atoms with E-state index in [2.05, 4.69) is 16.9 Å². The van der Waals surface area contributed by atoms with Crippen LogP contribution >= 0.6 is 0 Å². The highest BCUT2D eigenvalue weighted by Gasteiger charge is 2.27. The van der Waals surface area contributed by atoms with Crippen LogP contribution in [0.2, 0.25) is 0 Å². The minimum Gasteiger partial charge on any atom is -0.292 e. The number of hydrogen-bond donors (Lipinski definition) is 0. The molecule has 1 aliphatic rings. The fourth-order valence-corrected chi connectivity index (χ4v) is 2.84. The Morgan fingerprint density at radius 1 is 1.28 bits per heavy atom. The Morgan fingerprint density at radius 2 is 2.06 bits per heavy atom. The molecule has 18 heavy (non-hydrogen) atoms. The third-order valence-electron chi connectivity index (χ3n) is 4.00. The molecule has 3 heteroatoms. The second kappa shape index (κ2) is 6.62. The van der Waals surface area contributed by atoms with Crippen molar-refractivity contribution in [3.63, 3.8) is 0 Å². The van der Waals surface area contributed by atoms with E-state index in [0.717, 1.165) is 18.8 Å². The van der Waals surface area contributed by atoms with E-state index in [-0.39, 0.29) is 11.7 Å². The Labute approximate surface area is 109 Å². The molecule has 0 radical (unpaired) electrons. The Hall–Kier alpha value is -1.25. The van der Waals surface area contributed by atoms with Crippen LogP contribution in [0.4, 0.5) is 0 Å². The lowest BCUT2D eigenvalue weighted by atomic mass is 9.77. The van der Waals surface area contributed by atoms with Gasteiger partial charge in [-0.2, -0.15) is 0 Å². The van der Waals surface area contributed by atoms with Gasteiger partial charge >= 0.3 is 0 Å². The standard InChI is InChI=1S/C15H22N2O/c1-2-3-4-12-5-7-13(8-6-12)15(18)14-11-16-9-10-17-14/h9-13H,2-8H2,1H3. The fraction of sp³-hybridized carbons (Fsp3) is 0.667. The van der Waals surface area contributed by atoms with Gasteiger partial charge in [-0.1, -0.05) is 26.2 Å². The van der Waals surface area contributed by atoms with Gasteiger partial charge in [-0.3, -0.25) is 9.78 Å². The van der Waals surface area contributed by atoms with Crippen LogP contribution in [0.15, 0.2) is 18.6 Å². The topological polar surface area (TPSA) is 42.9 Å². The largest absolute Gasteiger partial charge is 0.292 e. The summed E-state index contributed by atoms with van der Waals surface area (Å²) in [4.78, 5) is 20.3. The Kier molecular flexibility index (Phi) is 4.85. The van der Waals surface area contributed by atoms with Gasteiger partial charge in [0, 0.05) is 18.3 Å². The zero-order valence-corrected chi connectivity index (χ0v) is 11.1. The summed E-state index contributed by atoms with van der Waals surface area (Å²) in [5.74, 6) is 1.22. The predicted molar refractivity (Wildman–Crippen MR) is 71.3 cm³/mol. The number of carbonyl (C=O) groups excluding carboxylic acids is 1. The first-order chi connectivity index (χ1) is 8.81. The van der Waals surface area contributed by atoms with Gasteiger partial charge in [-0.15, -0.1) is 0 Å². The molecule has 1 aromatic rings. The molecule has 0 amide bonds. The number of Topliss-reactive ketones (excluding diaryl/α,β-unsaturated/α-hetero) is 1. The van der Waals surface area contributed by atoms with Crippen molar-refractivity contribution in [3.05, 3.63) is 24.3 Å². The number of carbonyl (C=O) groups is 1. The lowest BCUT2D eigenvalue weighted by molar-refractivity contribution is 0.0863. The normalized spacial score (nSPS) is 23.8. The van der Waals surface area contributed by atoms with Crippen molar-refractivity contribution in [3.8, 4) is 0 Å². The number of nitrogens with zero attached hydrogens (tertiary/aromatic N) is 2. The van der Waals surface area contributed by atoms with Gasteiger partial charge in [-0.05, 0) is 31.6 Å². The monoisotopic (exact) mass is 246 g/mol. The van der Waals surface area contributed by atoms with E-state index >= 15 is 0 Å². The van der Waals surface area contributed by atoms with Gasteiger partial charge < -0.3 is 0 Å². The molecule has 0 unspecified atom stereocenters. The van der Waals surface area contributed by atoms with E-state index in [1.807, 2.05) is 0 Å². The van der Waals surface area contributed by atoms with Gasteiger partial charge in [0.15, 0.2) is 5.78 Å². The molecule has 0 atom stereocenters. The molecule has 1 heterocycles. The van der Waals surface area contributed by atoms with Crippen molar-refractivity contribution < 1.29 is 4.79 Å². The molecule has 0 saturated heterocycles. The van der Waals surface area contributed by atoms with E-state index in [0.29, 0.717) is 5.69 Å². The van der Waals surface area contributed by atoms with Crippen LogP contribution in [0.5, 0.6) is 0 Å². The summed E-state index contributed by atoms with van der Waals surface area (Å²) in [6.45, 7) is 2.24. The molecule has 98 valence electrons. The van der Waals surface area contributed by atoms with Crippen LogP contribution in [0.3, 0.4) is 0 Å². The molecular formula is C15H22N2O. The fourth-order valence-electron chi connectivity index (χ4n) is 2.84. The van der Waals surface area contributed by atoms with E-state index in [1.54, 1.807) is 18.6 Å². The van der Waals surface area contributed by atoms with E-state index in [1.165, 1.54) is 32.1 Å². The van der Waals surface area contributed by atoms with Crippen LogP contribution in [-0.2, 0) is 0 Å². The second-order valence-corrected chi connectivity index (χ2v) is 5.31. The van der Waals surface area contributed by atoms with E-state index in [9.17, 15) is 4.79 Å². The highest BCUT2D eigenvalue weighted by atomic mass is 16.1. The average molecular weight is 246 g/mol. The van der Waals surface area contributed by atoms with Gasteiger partial charge in [-0.25, -0.2) is 4.98 Å². The number of unbranched alkanes of at least 4 members (excludes halogenated alkanes) is 1. The number of ketones is 1. The van der Waals surface area contributed by atoms with Crippen molar-refractivity contribution in [1.29, 1.82) is 0 Å². The summed E-state index contributed by atoms with van der Waals surface area (Å²) in [6.07, 6.45) is 13.2. The van der Waals surface area contributed by atoms with Crippen molar-refractivity contribution >= 4 is 5.78 Å². The number of rotatable bonds is 5.